The van der Waals surface area contributed by atoms with Crippen molar-refractivity contribution in [3.63, 3.8) is 0 Å². The Morgan fingerprint density at radius 3 is 2.74 bits per heavy atom. The van der Waals surface area contributed by atoms with E-state index in [1.165, 1.54) is 12.8 Å². The predicted octanol–water partition coefficient (Wildman–Crippen LogP) is 4.04. The highest BCUT2D eigenvalue weighted by molar-refractivity contribution is 9.10. The fourth-order valence-corrected chi connectivity index (χ4v) is 2.49. The second-order valence-electron chi connectivity index (χ2n) is 5.04. The number of unbranched alkanes of at least 4 members (excludes halogenated alkanes) is 2. The minimum absolute atomic E-state index is 0.0468. The van der Waals surface area contributed by atoms with Gasteiger partial charge in [-0.1, -0.05) is 42.1 Å². The molecule has 106 valence electrons. The maximum Gasteiger partial charge on any atom is 0.251 e. The lowest BCUT2D eigenvalue weighted by atomic mass is 10.0. The Labute approximate surface area is 124 Å². The average Bonchev–Trinajstić information content (AvgIpc) is 2.33. The molecule has 1 unspecified atom stereocenters. The number of hydrogen-bond donors (Lipinski definition) is 2. The molecule has 0 aromatic heterocycles. The zero-order chi connectivity index (χ0) is 14.4. The van der Waals surface area contributed by atoms with Crippen LogP contribution in [0, 0.1) is 6.92 Å². The van der Waals surface area contributed by atoms with E-state index in [1.54, 1.807) is 0 Å². The van der Waals surface area contributed by atoms with Crippen molar-refractivity contribution in [2.24, 2.45) is 0 Å². The van der Waals surface area contributed by atoms with Crippen LogP contribution >= 0.6 is 15.9 Å². The van der Waals surface area contributed by atoms with Crippen molar-refractivity contribution in [1.82, 2.24) is 5.32 Å². The van der Waals surface area contributed by atoms with Gasteiger partial charge in [-0.3, -0.25) is 4.79 Å². The van der Waals surface area contributed by atoms with E-state index < -0.39 is 0 Å². The molecule has 0 aliphatic rings. The number of benzene rings is 1. The van der Waals surface area contributed by atoms with Crippen molar-refractivity contribution >= 4 is 27.5 Å². The van der Waals surface area contributed by atoms with E-state index in [9.17, 15) is 4.79 Å². The molecule has 1 amide bonds. The van der Waals surface area contributed by atoms with E-state index in [0.29, 0.717) is 11.3 Å². The number of nitrogens with two attached hydrogens (primary N) is 1. The van der Waals surface area contributed by atoms with Crippen LogP contribution in [0.25, 0.3) is 0 Å². The molecule has 0 spiro atoms. The van der Waals surface area contributed by atoms with E-state index >= 15 is 0 Å². The average molecular weight is 327 g/mol. The summed E-state index contributed by atoms with van der Waals surface area (Å²) < 4.78 is 0.833. The number of nitrogens with one attached hydrogen (secondary N) is 1. The summed E-state index contributed by atoms with van der Waals surface area (Å²) in [5, 5.41) is 3.04. The van der Waals surface area contributed by atoms with Gasteiger partial charge >= 0.3 is 0 Å². The zero-order valence-electron chi connectivity index (χ0n) is 11.9. The van der Waals surface area contributed by atoms with Crippen LogP contribution in [0.3, 0.4) is 0 Å². The smallest absolute Gasteiger partial charge is 0.251 e. The number of hydrogen-bond acceptors (Lipinski definition) is 2. The number of halogens is 1. The normalized spacial score (nSPS) is 12.2. The lowest BCUT2D eigenvalue weighted by molar-refractivity contribution is 0.0937. The van der Waals surface area contributed by atoms with Crippen molar-refractivity contribution in [3.05, 3.63) is 27.7 Å². The Hall–Kier alpha value is -1.03. The van der Waals surface area contributed by atoms with E-state index in [4.69, 9.17) is 5.73 Å². The van der Waals surface area contributed by atoms with Crippen LogP contribution in [0.1, 0.15) is 55.5 Å². The quantitative estimate of drug-likeness (QED) is 0.612. The molecule has 3 N–H and O–H groups in total. The molecular formula is C15H23BrN2O. The third kappa shape index (κ3) is 4.86. The molecular weight excluding hydrogens is 304 g/mol. The first-order valence-electron chi connectivity index (χ1n) is 6.82. The first kappa shape index (κ1) is 16.0. The second kappa shape index (κ2) is 7.53. The Kier molecular flexibility index (Phi) is 6.35. The number of rotatable bonds is 6. The third-order valence-corrected chi connectivity index (χ3v) is 3.73. The predicted molar refractivity (Wildman–Crippen MR) is 84.4 cm³/mol. The second-order valence-corrected chi connectivity index (χ2v) is 5.95. The third-order valence-electron chi connectivity index (χ3n) is 3.28. The van der Waals surface area contributed by atoms with Gasteiger partial charge in [-0.2, -0.15) is 0 Å². The van der Waals surface area contributed by atoms with Gasteiger partial charge in [0.05, 0.1) is 0 Å². The fourth-order valence-electron chi connectivity index (χ4n) is 2.01. The van der Waals surface area contributed by atoms with Crippen molar-refractivity contribution < 1.29 is 4.79 Å². The minimum atomic E-state index is -0.0468. The standard InChI is InChI=1S/C15H23BrN2O/c1-4-5-6-7-10(2)18-15(19)13-8-12(16)9-14(17)11(13)3/h8-10H,4-7,17H2,1-3H3,(H,18,19). The maximum atomic E-state index is 12.2. The molecule has 0 aliphatic carbocycles. The molecule has 0 aliphatic heterocycles. The molecule has 1 aromatic rings. The number of anilines is 1. The molecule has 1 atom stereocenters. The molecule has 3 nitrogen and oxygen atoms in total. The summed E-state index contributed by atoms with van der Waals surface area (Å²) in [5.41, 5.74) is 8.00. The van der Waals surface area contributed by atoms with Crippen molar-refractivity contribution in [2.45, 2.75) is 52.5 Å². The maximum absolute atomic E-state index is 12.2. The highest BCUT2D eigenvalue weighted by Gasteiger charge is 2.14. The first-order valence-corrected chi connectivity index (χ1v) is 7.61. The molecule has 0 saturated carbocycles. The molecule has 0 saturated heterocycles. The van der Waals surface area contributed by atoms with Gasteiger partial charge in [-0.05, 0) is 38.0 Å². The highest BCUT2D eigenvalue weighted by atomic mass is 79.9. The van der Waals surface area contributed by atoms with Crippen molar-refractivity contribution in [1.29, 1.82) is 0 Å². The van der Waals surface area contributed by atoms with Gasteiger partial charge in [0.25, 0.3) is 5.91 Å². The van der Waals surface area contributed by atoms with Gasteiger partial charge in [-0.15, -0.1) is 0 Å². The van der Waals surface area contributed by atoms with Crippen LogP contribution in [0.4, 0.5) is 5.69 Å². The summed E-state index contributed by atoms with van der Waals surface area (Å²) in [6.07, 6.45) is 4.57. The lowest BCUT2D eigenvalue weighted by Crippen LogP contribution is -2.33. The van der Waals surface area contributed by atoms with E-state index in [2.05, 4.69) is 28.2 Å². The molecule has 0 fully saturated rings. The minimum Gasteiger partial charge on any atom is -0.398 e. The molecule has 0 heterocycles. The van der Waals surface area contributed by atoms with Crippen LogP contribution in [0.15, 0.2) is 16.6 Å². The highest BCUT2D eigenvalue weighted by Crippen LogP contribution is 2.22. The van der Waals surface area contributed by atoms with Crippen LogP contribution in [0.2, 0.25) is 0 Å². The van der Waals surface area contributed by atoms with Crippen LogP contribution < -0.4 is 11.1 Å². The van der Waals surface area contributed by atoms with Crippen LogP contribution in [-0.4, -0.2) is 11.9 Å². The van der Waals surface area contributed by atoms with Gasteiger partial charge in [-0.25, -0.2) is 0 Å². The summed E-state index contributed by atoms with van der Waals surface area (Å²) in [6, 6.07) is 3.83. The lowest BCUT2D eigenvalue weighted by Gasteiger charge is -2.15. The van der Waals surface area contributed by atoms with E-state index in [0.717, 1.165) is 22.9 Å². The summed E-state index contributed by atoms with van der Waals surface area (Å²) in [5.74, 6) is -0.0468. The van der Waals surface area contributed by atoms with Crippen molar-refractivity contribution in [3.8, 4) is 0 Å². The topological polar surface area (TPSA) is 55.1 Å². The molecule has 0 bridgehead atoms. The summed E-state index contributed by atoms with van der Waals surface area (Å²) >= 11 is 3.37. The van der Waals surface area contributed by atoms with Gasteiger partial charge in [0.2, 0.25) is 0 Å². The monoisotopic (exact) mass is 326 g/mol. The Morgan fingerprint density at radius 1 is 1.42 bits per heavy atom. The summed E-state index contributed by atoms with van der Waals surface area (Å²) in [4.78, 5) is 12.2. The zero-order valence-corrected chi connectivity index (χ0v) is 13.5. The van der Waals surface area contributed by atoms with Crippen LogP contribution in [-0.2, 0) is 0 Å². The number of carbonyl (C=O) groups excluding carboxylic acids is 1. The number of amides is 1. The van der Waals surface area contributed by atoms with E-state index in [1.807, 2.05) is 26.0 Å². The Balaban J connectivity index is 2.68. The fraction of sp³-hybridized carbons (Fsp3) is 0.533. The molecule has 1 rings (SSSR count). The molecule has 0 radical (unpaired) electrons. The molecule has 19 heavy (non-hydrogen) atoms. The van der Waals surface area contributed by atoms with Crippen molar-refractivity contribution in [2.75, 3.05) is 5.73 Å². The summed E-state index contributed by atoms with van der Waals surface area (Å²) in [7, 11) is 0. The van der Waals surface area contributed by atoms with Crippen LogP contribution in [0.5, 0.6) is 0 Å². The number of carbonyl (C=O) groups is 1. The molecule has 4 heteroatoms. The summed E-state index contributed by atoms with van der Waals surface area (Å²) in [6.45, 7) is 6.10. The first-order chi connectivity index (χ1) is 8.95. The largest absolute Gasteiger partial charge is 0.398 e. The van der Waals surface area contributed by atoms with E-state index in [-0.39, 0.29) is 11.9 Å². The van der Waals surface area contributed by atoms with Gasteiger partial charge < -0.3 is 11.1 Å². The SMILES string of the molecule is CCCCCC(C)NC(=O)c1cc(Br)cc(N)c1C. The Morgan fingerprint density at radius 2 is 2.11 bits per heavy atom. The Bertz CT molecular complexity index is 446. The van der Waals surface area contributed by atoms with Gasteiger partial charge in [0.15, 0.2) is 0 Å². The van der Waals surface area contributed by atoms with Gasteiger partial charge in [0, 0.05) is 21.8 Å². The number of nitrogen functional groups attached to an aromatic ring is 1. The van der Waals surface area contributed by atoms with Gasteiger partial charge in [0.1, 0.15) is 0 Å². The molecule has 1 aromatic carbocycles.